The number of anilines is 1. The summed E-state index contributed by atoms with van der Waals surface area (Å²) >= 11 is 0. The normalized spacial score (nSPS) is 11.0. The highest BCUT2D eigenvalue weighted by molar-refractivity contribution is 6.05. The Bertz CT molecular complexity index is 598. The van der Waals surface area contributed by atoms with Crippen molar-refractivity contribution >= 4 is 23.2 Å². The number of hydrogen-bond acceptors (Lipinski definition) is 4. The van der Waals surface area contributed by atoms with Crippen LogP contribution in [0.1, 0.15) is 45.1 Å². The number of hydrazone groups is 1. The Morgan fingerprint density at radius 3 is 2.41 bits per heavy atom. The molecule has 116 valence electrons. The van der Waals surface area contributed by atoms with Crippen LogP contribution in [0.5, 0.6) is 0 Å². The van der Waals surface area contributed by atoms with Gasteiger partial charge >= 0.3 is 0 Å². The second kappa shape index (κ2) is 8.57. The van der Waals surface area contributed by atoms with Gasteiger partial charge in [-0.1, -0.05) is 26.0 Å². The summed E-state index contributed by atoms with van der Waals surface area (Å²) in [7, 11) is 0. The molecule has 0 saturated carbocycles. The summed E-state index contributed by atoms with van der Waals surface area (Å²) in [6.45, 7) is 5.84. The van der Waals surface area contributed by atoms with Crippen LogP contribution in [0.25, 0.3) is 0 Å². The lowest BCUT2D eigenvalue weighted by Gasteiger charge is -2.08. The predicted octanol–water partition coefficient (Wildman–Crippen LogP) is 2.54. The van der Waals surface area contributed by atoms with Crippen molar-refractivity contribution in [1.29, 1.82) is 5.26 Å². The van der Waals surface area contributed by atoms with E-state index in [0.717, 1.165) is 5.69 Å². The highest BCUT2D eigenvalue weighted by Gasteiger charge is 2.06. The molecule has 0 aliphatic carbocycles. The molecule has 0 aliphatic heterocycles. The largest absolute Gasteiger partial charge is 0.326 e. The molecule has 2 amide bonds. The van der Waals surface area contributed by atoms with Crippen molar-refractivity contribution < 1.29 is 9.59 Å². The van der Waals surface area contributed by atoms with Crippen molar-refractivity contribution in [2.45, 2.75) is 39.5 Å². The van der Waals surface area contributed by atoms with E-state index in [1.165, 1.54) is 5.56 Å². The number of benzene rings is 1. The molecule has 1 aromatic rings. The third-order valence-electron chi connectivity index (χ3n) is 2.89. The summed E-state index contributed by atoms with van der Waals surface area (Å²) < 4.78 is 0. The Morgan fingerprint density at radius 1 is 1.23 bits per heavy atom. The van der Waals surface area contributed by atoms with E-state index in [-0.39, 0.29) is 18.7 Å². The van der Waals surface area contributed by atoms with Crippen molar-refractivity contribution in [2.24, 2.45) is 5.10 Å². The van der Waals surface area contributed by atoms with E-state index in [2.05, 4.69) is 29.7 Å². The van der Waals surface area contributed by atoms with Crippen molar-refractivity contribution in [3.05, 3.63) is 29.8 Å². The highest BCUT2D eigenvalue weighted by Crippen LogP contribution is 2.17. The lowest BCUT2D eigenvalue weighted by molar-refractivity contribution is -0.120. The van der Waals surface area contributed by atoms with Crippen LogP contribution in [0.4, 0.5) is 5.69 Å². The van der Waals surface area contributed by atoms with Gasteiger partial charge in [0.05, 0.1) is 12.5 Å². The Hall–Kier alpha value is -2.68. The predicted molar refractivity (Wildman–Crippen MR) is 85.3 cm³/mol. The Kier molecular flexibility index (Phi) is 6.77. The SMILES string of the molecule is C/C(CC(=O)Nc1ccc(C(C)C)cc1)=N\NC(=O)CC#N. The minimum atomic E-state index is -0.494. The van der Waals surface area contributed by atoms with Crippen molar-refractivity contribution in [3.8, 4) is 6.07 Å². The lowest BCUT2D eigenvalue weighted by atomic mass is 10.0. The van der Waals surface area contributed by atoms with Gasteiger partial charge in [-0.3, -0.25) is 9.59 Å². The molecular weight excluding hydrogens is 280 g/mol. The second-order valence-corrected chi connectivity index (χ2v) is 5.22. The molecule has 0 aromatic heterocycles. The molecule has 0 spiro atoms. The molecule has 0 heterocycles. The maximum atomic E-state index is 11.9. The van der Waals surface area contributed by atoms with Crippen LogP contribution in [0, 0.1) is 11.3 Å². The van der Waals surface area contributed by atoms with Gasteiger partial charge in [0.25, 0.3) is 5.91 Å². The molecule has 0 aliphatic rings. The third kappa shape index (κ3) is 6.18. The van der Waals surface area contributed by atoms with E-state index in [4.69, 9.17) is 5.26 Å². The van der Waals surface area contributed by atoms with Crippen LogP contribution in [0.3, 0.4) is 0 Å². The molecule has 6 heteroatoms. The smallest absolute Gasteiger partial charge is 0.254 e. The Balaban J connectivity index is 2.50. The summed E-state index contributed by atoms with van der Waals surface area (Å²) in [5.41, 5.74) is 4.60. The van der Waals surface area contributed by atoms with Crippen LogP contribution < -0.4 is 10.7 Å². The average Bonchev–Trinajstić information content (AvgIpc) is 2.46. The number of rotatable bonds is 6. The minimum Gasteiger partial charge on any atom is -0.326 e. The van der Waals surface area contributed by atoms with Gasteiger partial charge in [-0.15, -0.1) is 0 Å². The number of nitriles is 1. The molecule has 22 heavy (non-hydrogen) atoms. The molecule has 6 nitrogen and oxygen atoms in total. The summed E-state index contributed by atoms with van der Waals surface area (Å²) in [5, 5.41) is 14.9. The zero-order chi connectivity index (χ0) is 16.5. The molecule has 0 bridgehead atoms. The molecular formula is C16H20N4O2. The van der Waals surface area contributed by atoms with Crippen molar-refractivity contribution in [2.75, 3.05) is 5.32 Å². The van der Waals surface area contributed by atoms with E-state index in [1.807, 2.05) is 24.3 Å². The number of nitrogens with zero attached hydrogens (tertiary/aromatic N) is 2. The summed E-state index contributed by atoms with van der Waals surface area (Å²) in [4.78, 5) is 22.9. The minimum absolute atomic E-state index is 0.0682. The van der Waals surface area contributed by atoms with Gasteiger partial charge in [-0.05, 0) is 30.5 Å². The standard InChI is InChI=1S/C16H20N4O2/c1-11(2)13-4-6-14(7-5-13)18-16(22)10-12(3)19-20-15(21)8-9-17/h4-7,11H,8,10H2,1-3H3,(H,18,22)(H,20,21)/b19-12+. The average molecular weight is 300 g/mol. The molecule has 0 fully saturated rings. The van der Waals surface area contributed by atoms with E-state index in [1.54, 1.807) is 13.0 Å². The fourth-order valence-electron chi connectivity index (χ4n) is 1.70. The Labute approximate surface area is 130 Å². The van der Waals surface area contributed by atoms with E-state index in [9.17, 15) is 9.59 Å². The van der Waals surface area contributed by atoms with Gasteiger partial charge in [0, 0.05) is 11.4 Å². The number of amides is 2. The molecule has 2 N–H and O–H groups in total. The van der Waals surface area contributed by atoms with Gasteiger partial charge in [-0.2, -0.15) is 10.4 Å². The maximum Gasteiger partial charge on any atom is 0.254 e. The molecule has 0 atom stereocenters. The van der Waals surface area contributed by atoms with E-state index < -0.39 is 5.91 Å². The van der Waals surface area contributed by atoms with Crippen molar-refractivity contribution in [3.63, 3.8) is 0 Å². The van der Waals surface area contributed by atoms with Crippen LogP contribution in [0.2, 0.25) is 0 Å². The quantitative estimate of drug-likeness (QED) is 0.624. The summed E-state index contributed by atoms with van der Waals surface area (Å²) in [5.74, 6) is -0.268. The lowest BCUT2D eigenvalue weighted by Crippen LogP contribution is -2.20. The maximum absolute atomic E-state index is 11.9. The van der Waals surface area contributed by atoms with Crippen LogP contribution in [0.15, 0.2) is 29.4 Å². The molecule has 0 unspecified atom stereocenters. The fraction of sp³-hybridized carbons (Fsp3) is 0.375. The topological polar surface area (TPSA) is 94.3 Å². The van der Waals surface area contributed by atoms with Gasteiger partial charge in [0.2, 0.25) is 5.91 Å². The summed E-state index contributed by atoms with van der Waals surface area (Å²) in [6.07, 6.45) is -0.191. The molecule has 1 aromatic carbocycles. The summed E-state index contributed by atoms with van der Waals surface area (Å²) in [6, 6.07) is 9.38. The zero-order valence-electron chi connectivity index (χ0n) is 13.0. The van der Waals surface area contributed by atoms with E-state index in [0.29, 0.717) is 11.6 Å². The monoisotopic (exact) mass is 300 g/mol. The first-order chi connectivity index (χ1) is 10.4. The molecule has 1 rings (SSSR count). The fourth-order valence-corrected chi connectivity index (χ4v) is 1.70. The van der Waals surface area contributed by atoms with Crippen LogP contribution >= 0.6 is 0 Å². The van der Waals surface area contributed by atoms with Crippen LogP contribution in [-0.2, 0) is 9.59 Å². The first kappa shape index (κ1) is 17.4. The highest BCUT2D eigenvalue weighted by atomic mass is 16.2. The van der Waals surface area contributed by atoms with Gasteiger partial charge in [-0.25, -0.2) is 5.43 Å². The van der Waals surface area contributed by atoms with E-state index >= 15 is 0 Å². The number of hydrogen-bond donors (Lipinski definition) is 2. The third-order valence-corrected chi connectivity index (χ3v) is 2.89. The van der Waals surface area contributed by atoms with Gasteiger partial charge in [0.1, 0.15) is 6.42 Å². The first-order valence-electron chi connectivity index (χ1n) is 7.01. The molecule has 0 radical (unpaired) electrons. The van der Waals surface area contributed by atoms with Crippen molar-refractivity contribution in [1.82, 2.24) is 5.43 Å². The zero-order valence-corrected chi connectivity index (χ0v) is 13.0. The number of nitrogens with one attached hydrogen (secondary N) is 2. The van der Waals surface area contributed by atoms with Gasteiger partial charge in [0.15, 0.2) is 0 Å². The van der Waals surface area contributed by atoms with Crippen LogP contribution in [-0.4, -0.2) is 17.5 Å². The first-order valence-corrected chi connectivity index (χ1v) is 7.01. The Morgan fingerprint density at radius 2 is 1.86 bits per heavy atom. The molecule has 0 saturated heterocycles. The second-order valence-electron chi connectivity index (χ2n) is 5.22. The number of carbonyl (C=O) groups is 2. The van der Waals surface area contributed by atoms with Gasteiger partial charge < -0.3 is 5.32 Å². The number of carbonyl (C=O) groups excluding carboxylic acids is 2.